The molecular weight excluding hydrogens is 364 g/mol. The number of phenolic OH excluding ortho intramolecular Hbond substituents is 1. The van der Waals surface area contributed by atoms with E-state index in [1.54, 1.807) is 0 Å². The minimum Gasteiger partial charge on any atom is -0.502 e. The van der Waals surface area contributed by atoms with Gasteiger partial charge in [-0.05, 0) is 18.2 Å². The molecular formula is C19H16N4O5. The van der Waals surface area contributed by atoms with Crippen LogP contribution in [0.25, 0.3) is 21.9 Å². The Morgan fingerprint density at radius 2 is 1.71 bits per heavy atom. The highest BCUT2D eigenvalue weighted by atomic mass is 16.5. The number of methoxy groups -OCH3 is 2. The number of hydrogen-bond donors (Lipinski definition) is 3. The van der Waals surface area contributed by atoms with Gasteiger partial charge in [-0.1, -0.05) is 18.2 Å². The fourth-order valence-corrected chi connectivity index (χ4v) is 3.01. The molecule has 3 N–H and O–H groups in total. The maximum Gasteiger partial charge on any atom is 0.350 e. The third-order valence-corrected chi connectivity index (χ3v) is 4.36. The molecule has 0 unspecified atom stereocenters. The van der Waals surface area contributed by atoms with Gasteiger partial charge in [0, 0.05) is 16.5 Å². The first-order valence-corrected chi connectivity index (χ1v) is 8.28. The number of aromatic hydroxyl groups is 1. The van der Waals surface area contributed by atoms with Crippen molar-refractivity contribution < 1.29 is 14.6 Å². The van der Waals surface area contributed by atoms with Crippen LogP contribution >= 0.6 is 0 Å². The van der Waals surface area contributed by atoms with Crippen LogP contribution in [0.5, 0.6) is 17.2 Å². The summed E-state index contributed by atoms with van der Waals surface area (Å²) in [6.45, 7) is 0. The SMILES string of the molecule is COc1cc(C=Nn2c(=O)[nH]c3c([nH]c4ccccc43)c2=O)cc(OC)c1O. The van der Waals surface area contributed by atoms with Crippen LogP contribution in [0.1, 0.15) is 5.56 Å². The fraction of sp³-hybridized carbons (Fsp3) is 0.105. The van der Waals surface area contributed by atoms with E-state index in [9.17, 15) is 14.7 Å². The van der Waals surface area contributed by atoms with Gasteiger partial charge < -0.3 is 24.5 Å². The van der Waals surface area contributed by atoms with Crippen molar-refractivity contribution >= 4 is 28.2 Å². The molecule has 4 rings (SSSR count). The minimum absolute atomic E-state index is 0.156. The Morgan fingerprint density at radius 1 is 1.04 bits per heavy atom. The second-order valence-corrected chi connectivity index (χ2v) is 5.99. The third kappa shape index (κ3) is 2.69. The summed E-state index contributed by atoms with van der Waals surface area (Å²) < 4.78 is 10.9. The Kier molecular flexibility index (Phi) is 4.11. The Bertz CT molecular complexity index is 1320. The molecule has 0 aliphatic carbocycles. The van der Waals surface area contributed by atoms with Gasteiger partial charge in [0.15, 0.2) is 11.5 Å². The van der Waals surface area contributed by atoms with Crippen molar-refractivity contribution in [1.82, 2.24) is 14.6 Å². The molecule has 0 amide bonds. The van der Waals surface area contributed by atoms with E-state index in [1.165, 1.54) is 32.6 Å². The van der Waals surface area contributed by atoms with Crippen molar-refractivity contribution in [1.29, 1.82) is 0 Å². The smallest absolute Gasteiger partial charge is 0.350 e. The van der Waals surface area contributed by atoms with Crippen LogP contribution in [0.15, 0.2) is 51.1 Å². The number of aromatic nitrogens is 3. The molecule has 2 aromatic carbocycles. The first-order chi connectivity index (χ1) is 13.5. The van der Waals surface area contributed by atoms with Gasteiger partial charge in [0.05, 0.1) is 26.0 Å². The molecule has 0 spiro atoms. The molecule has 0 saturated heterocycles. The van der Waals surface area contributed by atoms with Crippen LogP contribution < -0.4 is 20.7 Å². The molecule has 0 bridgehead atoms. The maximum atomic E-state index is 12.7. The first kappa shape index (κ1) is 17.4. The molecule has 142 valence electrons. The molecule has 0 atom stereocenters. The van der Waals surface area contributed by atoms with Crippen molar-refractivity contribution in [3.63, 3.8) is 0 Å². The van der Waals surface area contributed by atoms with Gasteiger partial charge in [-0.3, -0.25) is 4.79 Å². The van der Waals surface area contributed by atoms with Crippen LogP contribution in [0, 0.1) is 0 Å². The number of benzene rings is 2. The summed E-state index contributed by atoms with van der Waals surface area (Å²) in [6, 6.07) is 10.3. The molecule has 0 saturated carbocycles. The largest absolute Gasteiger partial charge is 0.502 e. The average molecular weight is 380 g/mol. The quantitative estimate of drug-likeness (QED) is 0.466. The molecule has 0 aliphatic rings. The Labute approximate surface area is 157 Å². The molecule has 0 fully saturated rings. The van der Waals surface area contributed by atoms with Gasteiger partial charge in [0.2, 0.25) is 5.75 Å². The number of H-pyrrole nitrogens is 2. The number of para-hydroxylation sites is 1. The number of phenols is 1. The molecule has 28 heavy (non-hydrogen) atoms. The first-order valence-electron chi connectivity index (χ1n) is 8.28. The summed E-state index contributed by atoms with van der Waals surface area (Å²) in [6.07, 6.45) is 1.30. The predicted molar refractivity (Wildman–Crippen MR) is 105 cm³/mol. The van der Waals surface area contributed by atoms with Crippen LogP contribution in [-0.2, 0) is 0 Å². The normalized spacial score (nSPS) is 11.5. The molecule has 2 heterocycles. The van der Waals surface area contributed by atoms with Gasteiger partial charge in [-0.25, -0.2) is 4.79 Å². The number of fused-ring (bicyclic) bond motifs is 3. The lowest BCUT2D eigenvalue weighted by Gasteiger charge is -2.09. The number of nitrogens with zero attached hydrogens (tertiary/aromatic N) is 2. The summed E-state index contributed by atoms with van der Waals surface area (Å²) in [4.78, 5) is 30.8. The fourth-order valence-electron chi connectivity index (χ4n) is 3.01. The van der Waals surface area contributed by atoms with Gasteiger partial charge in [0.25, 0.3) is 0 Å². The topological polar surface area (TPSA) is 122 Å². The number of nitrogens with one attached hydrogen (secondary N) is 2. The van der Waals surface area contributed by atoms with E-state index in [0.29, 0.717) is 11.1 Å². The van der Waals surface area contributed by atoms with E-state index in [1.807, 2.05) is 24.3 Å². The van der Waals surface area contributed by atoms with Crippen LogP contribution in [0.4, 0.5) is 0 Å². The van der Waals surface area contributed by atoms with Crippen molar-refractivity contribution in [3.05, 3.63) is 62.8 Å². The summed E-state index contributed by atoms with van der Waals surface area (Å²) >= 11 is 0. The number of hydrogen-bond acceptors (Lipinski definition) is 6. The highest BCUT2D eigenvalue weighted by Gasteiger charge is 2.13. The summed E-state index contributed by atoms with van der Waals surface area (Å²) in [5.74, 6) is 0.193. The van der Waals surface area contributed by atoms with Crippen molar-refractivity contribution in [2.75, 3.05) is 14.2 Å². The zero-order valence-electron chi connectivity index (χ0n) is 15.0. The van der Waals surface area contributed by atoms with Crippen molar-refractivity contribution in [2.45, 2.75) is 0 Å². The molecule has 0 aliphatic heterocycles. The second kappa shape index (κ2) is 6.62. The lowest BCUT2D eigenvalue weighted by Crippen LogP contribution is -2.32. The average Bonchev–Trinajstić information content (AvgIpc) is 3.07. The predicted octanol–water partition coefficient (Wildman–Crippen LogP) is 1.78. The Balaban J connectivity index is 1.85. The zero-order chi connectivity index (χ0) is 19.8. The molecule has 9 nitrogen and oxygen atoms in total. The highest BCUT2D eigenvalue weighted by molar-refractivity contribution is 6.04. The van der Waals surface area contributed by atoms with Gasteiger partial charge in [-0.2, -0.15) is 5.10 Å². The summed E-state index contributed by atoms with van der Waals surface area (Å²) in [7, 11) is 2.79. The molecule has 0 radical (unpaired) electrons. The second-order valence-electron chi connectivity index (χ2n) is 5.99. The lowest BCUT2D eigenvalue weighted by atomic mass is 10.2. The Morgan fingerprint density at radius 3 is 2.39 bits per heavy atom. The van der Waals surface area contributed by atoms with Crippen LogP contribution in [0.3, 0.4) is 0 Å². The molecule has 4 aromatic rings. The van der Waals surface area contributed by atoms with Crippen molar-refractivity contribution in [2.24, 2.45) is 5.10 Å². The van der Waals surface area contributed by atoms with E-state index in [-0.39, 0.29) is 22.8 Å². The van der Waals surface area contributed by atoms with Crippen LogP contribution in [0.2, 0.25) is 0 Å². The van der Waals surface area contributed by atoms with E-state index in [4.69, 9.17) is 9.47 Å². The van der Waals surface area contributed by atoms with Gasteiger partial charge in [-0.15, -0.1) is 4.68 Å². The number of ether oxygens (including phenoxy) is 2. The molecule has 9 heteroatoms. The number of rotatable bonds is 4. The van der Waals surface area contributed by atoms with Gasteiger partial charge >= 0.3 is 11.2 Å². The minimum atomic E-state index is -0.670. The zero-order valence-corrected chi connectivity index (χ0v) is 15.0. The van der Waals surface area contributed by atoms with Gasteiger partial charge in [0.1, 0.15) is 5.52 Å². The molecule has 2 aromatic heterocycles. The highest BCUT2D eigenvalue weighted by Crippen LogP contribution is 2.36. The van der Waals surface area contributed by atoms with Crippen LogP contribution in [-0.4, -0.2) is 40.2 Å². The van der Waals surface area contributed by atoms with E-state index < -0.39 is 11.2 Å². The Hall–Kier alpha value is -4.01. The number of aromatic amines is 2. The van der Waals surface area contributed by atoms with Crippen molar-refractivity contribution in [3.8, 4) is 17.2 Å². The van der Waals surface area contributed by atoms with E-state index in [0.717, 1.165) is 15.6 Å². The van der Waals surface area contributed by atoms with E-state index in [2.05, 4.69) is 15.1 Å². The monoisotopic (exact) mass is 380 g/mol. The van der Waals surface area contributed by atoms with E-state index >= 15 is 0 Å². The summed E-state index contributed by atoms with van der Waals surface area (Å²) in [5, 5.41) is 14.7. The third-order valence-electron chi connectivity index (χ3n) is 4.36. The lowest BCUT2D eigenvalue weighted by molar-refractivity contribution is 0.340. The standard InChI is InChI=1S/C19H16N4O5/c1-27-13-7-10(8-14(28-2)17(13)24)9-20-23-18(25)16-15(22-19(23)26)11-5-3-4-6-12(11)21-16/h3-9,21,24H,1-2H3,(H,22,26). The summed E-state index contributed by atoms with van der Waals surface area (Å²) in [5.41, 5.74) is 0.637. The maximum absolute atomic E-state index is 12.7.